The van der Waals surface area contributed by atoms with Gasteiger partial charge in [0.25, 0.3) is 0 Å². The van der Waals surface area contributed by atoms with Gasteiger partial charge < -0.3 is 11.1 Å². The van der Waals surface area contributed by atoms with Gasteiger partial charge in [-0.25, -0.2) is 8.78 Å². The lowest BCUT2D eigenvalue weighted by molar-refractivity contribution is -0.125. The smallest absolute Gasteiger partial charge is 0.224 e. The second-order valence-corrected chi connectivity index (χ2v) is 4.63. The first-order valence-corrected chi connectivity index (χ1v) is 5.27. The Kier molecular flexibility index (Phi) is 4.17. The number of benzene rings is 1. The molecule has 3 nitrogen and oxygen atoms in total. The van der Waals surface area contributed by atoms with Crippen LogP contribution in [0.3, 0.4) is 0 Å². The van der Waals surface area contributed by atoms with Crippen LogP contribution in [0, 0.1) is 17.0 Å². The lowest BCUT2D eigenvalue weighted by Crippen LogP contribution is -2.40. The zero-order valence-electron chi connectivity index (χ0n) is 9.89. The maximum absolute atomic E-state index is 12.9. The van der Waals surface area contributed by atoms with E-state index in [-0.39, 0.29) is 6.54 Å². The highest BCUT2D eigenvalue weighted by Gasteiger charge is 2.23. The van der Waals surface area contributed by atoms with Crippen LogP contribution in [0.5, 0.6) is 0 Å². The molecule has 0 fully saturated rings. The molecule has 0 unspecified atom stereocenters. The van der Waals surface area contributed by atoms with Crippen molar-refractivity contribution >= 4 is 5.91 Å². The van der Waals surface area contributed by atoms with Crippen molar-refractivity contribution in [1.82, 2.24) is 5.32 Å². The van der Waals surface area contributed by atoms with Crippen molar-refractivity contribution in [2.24, 2.45) is 11.1 Å². The van der Waals surface area contributed by atoms with Gasteiger partial charge in [0.05, 0.1) is 5.41 Å². The van der Waals surface area contributed by atoms with Crippen LogP contribution >= 0.6 is 0 Å². The molecule has 0 aliphatic carbocycles. The van der Waals surface area contributed by atoms with Gasteiger partial charge in [0, 0.05) is 19.2 Å². The second-order valence-electron chi connectivity index (χ2n) is 4.63. The number of nitrogens with two attached hydrogens (primary N) is 1. The van der Waals surface area contributed by atoms with Crippen LogP contribution in [0.15, 0.2) is 18.2 Å². The summed E-state index contributed by atoms with van der Waals surface area (Å²) in [6.07, 6.45) is 0. The average molecular weight is 242 g/mol. The van der Waals surface area contributed by atoms with Crippen LogP contribution in [-0.4, -0.2) is 12.5 Å². The van der Waals surface area contributed by atoms with Gasteiger partial charge in [0.1, 0.15) is 11.6 Å². The molecule has 0 aromatic heterocycles. The molecule has 0 saturated heterocycles. The number of primary amides is 1. The summed E-state index contributed by atoms with van der Waals surface area (Å²) in [6.45, 7) is 4.04. The predicted octanol–water partition coefficient (Wildman–Crippen LogP) is 1.57. The van der Waals surface area contributed by atoms with Crippen LogP contribution < -0.4 is 11.1 Å². The maximum Gasteiger partial charge on any atom is 0.224 e. The van der Waals surface area contributed by atoms with Gasteiger partial charge in [-0.05, 0) is 31.5 Å². The van der Waals surface area contributed by atoms with Crippen molar-refractivity contribution in [2.45, 2.75) is 20.4 Å². The maximum atomic E-state index is 12.9. The van der Waals surface area contributed by atoms with Gasteiger partial charge in [0.2, 0.25) is 5.91 Å². The summed E-state index contributed by atoms with van der Waals surface area (Å²) in [5.41, 5.74) is 5.00. The highest BCUT2D eigenvalue weighted by Crippen LogP contribution is 2.13. The molecule has 0 heterocycles. The second kappa shape index (κ2) is 5.23. The number of halogens is 2. The minimum absolute atomic E-state index is 0.283. The number of rotatable bonds is 5. The van der Waals surface area contributed by atoms with E-state index in [1.54, 1.807) is 13.8 Å². The van der Waals surface area contributed by atoms with E-state index in [1.165, 1.54) is 12.1 Å². The van der Waals surface area contributed by atoms with Crippen molar-refractivity contribution < 1.29 is 13.6 Å². The van der Waals surface area contributed by atoms with E-state index < -0.39 is 23.0 Å². The van der Waals surface area contributed by atoms with Gasteiger partial charge in [-0.1, -0.05) is 0 Å². The standard InChI is InChI=1S/C12H16F2N2O/c1-12(2,11(15)17)7-16-6-8-3-9(13)5-10(14)4-8/h3-5,16H,6-7H2,1-2H3,(H2,15,17). The molecule has 0 bridgehead atoms. The van der Waals surface area contributed by atoms with E-state index in [9.17, 15) is 13.6 Å². The summed E-state index contributed by atoms with van der Waals surface area (Å²) in [5.74, 6) is -1.65. The third-order valence-corrected chi connectivity index (χ3v) is 2.49. The van der Waals surface area contributed by atoms with Crippen molar-refractivity contribution in [3.8, 4) is 0 Å². The fourth-order valence-corrected chi connectivity index (χ4v) is 1.32. The molecule has 0 aliphatic rings. The van der Waals surface area contributed by atoms with Crippen LogP contribution in [0.2, 0.25) is 0 Å². The molecule has 0 aliphatic heterocycles. The Morgan fingerprint density at radius 1 is 1.29 bits per heavy atom. The zero-order valence-corrected chi connectivity index (χ0v) is 9.89. The number of nitrogens with one attached hydrogen (secondary N) is 1. The molecule has 0 atom stereocenters. The molecule has 1 aromatic rings. The molecule has 0 spiro atoms. The Labute approximate surface area is 99.0 Å². The lowest BCUT2D eigenvalue weighted by atomic mass is 9.93. The Hall–Kier alpha value is -1.49. The molecular formula is C12H16F2N2O. The molecule has 5 heteroatoms. The molecule has 17 heavy (non-hydrogen) atoms. The van der Waals surface area contributed by atoms with Crippen molar-refractivity contribution in [3.63, 3.8) is 0 Å². The summed E-state index contributed by atoms with van der Waals surface area (Å²) >= 11 is 0. The number of carbonyl (C=O) groups excluding carboxylic acids is 1. The van der Waals surface area contributed by atoms with Gasteiger partial charge in [-0.3, -0.25) is 4.79 Å². The summed E-state index contributed by atoms with van der Waals surface area (Å²) in [6, 6.07) is 3.30. The first kappa shape index (κ1) is 13.6. The van der Waals surface area contributed by atoms with Crippen LogP contribution in [0.1, 0.15) is 19.4 Å². The highest BCUT2D eigenvalue weighted by molar-refractivity contribution is 5.80. The summed E-state index contributed by atoms with van der Waals surface area (Å²) in [7, 11) is 0. The summed E-state index contributed by atoms with van der Waals surface area (Å²) in [5, 5.41) is 2.94. The quantitative estimate of drug-likeness (QED) is 0.823. The van der Waals surface area contributed by atoms with Crippen molar-refractivity contribution in [2.75, 3.05) is 6.54 Å². The predicted molar refractivity (Wildman–Crippen MR) is 61.0 cm³/mol. The fourth-order valence-electron chi connectivity index (χ4n) is 1.32. The Morgan fingerprint density at radius 2 is 1.82 bits per heavy atom. The number of amides is 1. The molecule has 94 valence electrons. The van der Waals surface area contributed by atoms with E-state index in [4.69, 9.17) is 5.73 Å². The molecule has 0 radical (unpaired) electrons. The third kappa shape index (κ3) is 4.11. The molecule has 1 amide bonds. The number of hydrogen-bond acceptors (Lipinski definition) is 2. The van der Waals surface area contributed by atoms with E-state index in [1.807, 2.05) is 0 Å². The topological polar surface area (TPSA) is 55.1 Å². The minimum Gasteiger partial charge on any atom is -0.369 e. The summed E-state index contributed by atoms with van der Waals surface area (Å²) in [4.78, 5) is 11.0. The Morgan fingerprint density at radius 3 is 2.29 bits per heavy atom. The van der Waals surface area contributed by atoms with Gasteiger partial charge >= 0.3 is 0 Å². The van der Waals surface area contributed by atoms with Gasteiger partial charge in [-0.2, -0.15) is 0 Å². The Bertz CT molecular complexity index is 399. The van der Waals surface area contributed by atoms with Gasteiger partial charge in [0.15, 0.2) is 0 Å². The first-order valence-electron chi connectivity index (χ1n) is 5.27. The fraction of sp³-hybridized carbons (Fsp3) is 0.417. The van der Waals surface area contributed by atoms with E-state index in [0.29, 0.717) is 12.1 Å². The largest absolute Gasteiger partial charge is 0.369 e. The molecule has 0 saturated carbocycles. The Balaban J connectivity index is 2.54. The SMILES string of the molecule is CC(C)(CNCc1cc(F)cc(F)c1)C(N)=O. The number of hydrogen-bond donors (Lipinski definition) is 2. The van der Waals surface area contributed by atoms with E-state index in [0.717, 1.165) is 6.07 Å². The molecule has 1 aromatic carbocycles. The van der Waals surface area contributed by atoms with Gasteiger partial charge in [-0.15, -0.1) is 0 Å². The first-order chi connectivity index (χ1) is 7.81. The normalized spacial score (nSPS) is 11.5. The van der Waals surface area contributed by atoms with Crippen molar-refractivity contribution in [1.29, 1.82) is 0 Å². The molecule has 1 rings (SSSR count). The van der Waals surface area contributed by atoms with Crippen molar-refractivity contribution in [3.05, 3.63) is 35.4 Å². The van der Waals surface area contributed by atoms with Crippen LogP contribution in [0.4, 0.5) is 8.78 Å². The highest BCUT2D eigenvalue weighted by atomic mass is 19.1. The van der Waals surface area contributed by atoms with E-state index >= 15 is 0 Å². The number of carbonyl (C=O) groups is 1. The monoisotopic (exact) mass is 242 g/mol. The van der Waals surface area contributed by atoms with Crippen LogP contribution in [0.25, 0.3) is 0 Å². The minimum atomic E-state index is -0.689. The average Bonchev–Trinajstić information content (AvgIpc) is 2.15. The molecule has 3 N–H and O–H groups in total. The lowest BCUT2D eigenvalue weighted by Gasteiger charge is -2.20. The van der Waals surface area contributed by atoms with E-state index in [2.05, 4.69) is 5.32 Å². The third-order valence-electron chi connectivity index (χ3n) is 2.49. The van der Waals surface area contributed by atoms with Crippen LogP contribution in [-0.2, 0) is 11.3 Å². The molecular weight excluding hydrogens is 226 g/mol. The summed E-state index contributed by atoms with van der Waals surface area (Å²) < 4.78 is 25.8. The zero-order chi connectivity index (χ0) is 13.1.